The van der Waals surface area contributed by atoms with Crippen LogP contribution in [-0.4, -0.2) is 51.0 Å². The number of Topliss-reactive ketones (excluding diaryl/α,β-unsaturated/α-hetero) is 1. The monoisotopic (exact) mass is 297 g/mol. The molecule has 0 atom stereocenters. The molecule has 5 nitrogen and oxygen atoms in total. The highest BCUT2D eigenvalue weighted by atomic mass is 32.1. The first-order valence-corrected chi connectivity index (χ1v) is 7.66. The number of methoxy groups -OCH3 is 1. The van der Waals surface area contributed by atoms with Gasteiger partial charge in [-0.15, -0.1) is 11.3 Å². The molecule has 6 heteroatoms. The first kappa shape index (κ1) is 15.1. The molecule has 1 aromatic rings. The predicted octanol–water partition coefficient (Wildman–Crippen LogP) is 2.07. The van der Waals surface area contributed by atoms with E-state index in [1.54, 1.807) is 14.0 Å². The van der Waals surface area contributed by atoms with Crippen molar-refractivity contribution in [3.63, 3.8) is 0 Å². The predicted molar refractivity (Wildman–Crippen MR) is 84.2 cm³/mol. The maximum Gasteiger partial charge on any atom is 0.177 e. The first-order valence-electron chi connectivity index (χ1n) is 6.84. The molecule has 1 aromatic heterocycles. The Labute approximate surface area is 124 Å². The third-order valence-corrected chi connectivity index (χ3v) is 5.24. The van der Waals surface area contributed by atoms with Crippen molar-refractivity contribution in [2.45, 2.75) is 25.8 Å². The Kier molecular flexibility index (Phi) is 4.55. The van der Waals surface area contributed by atoms with Crippen molar-refractivity contribution in [3.8, 4) is 5.75 Å². The topological polar surface area (TPSA) is 58.8 Å². The number of nitrogens with two attached hydrogens (primary N) is 1. The van der Waals surface area contributed by atoms with Crippen LogP contribution in [0.4, 0.5) is 10.7 Å². The highest BCUT2D eigenvalue weighted by Gasteiger charge is 2.27. The van der Waals surface area contributed by atoms with Gasteiger partial charge >= 0.3 is 0 Å². The number of hydrogen-bond acceptors (Lipinski definition) is 6. The van der Waals surface area contributed by atoms with Crippen LogP contribution in [0.3, 0.4) is 0 Å². The summed E-state index contributed by atoms with van der Waals surface area (Å²) in [4.78, 5) is 16.8. The van der Waals surface area contributed by atoms with Crippen LogP contribution in [0.15, 0.2) is 0 Å². The lowest BCUT2D eigenvalue weighted by Crippen LogP contribution is -2.41. The lowest BCUT2D eigenvalue weighted by atomic mass is 10.0. The van der Waals surface area contributed by atoms with E-state index in [0.29, 0.717) is 22.4 Å². The molecule has 1 fully saturated rings. The van der Waals surface area contributed by atoms with E-state index in [1.807, 2.05) is 0 Å². The summed E-state index contributed by atoms with van der Waals surface area (Å²) in [5, 5.41) is 0.993. The van der Waals surface area contributed by atoms with Crippen molar-refractivity contribution < 1.29 is 9.53 Å². The number of carbonyl (C=O) groups excluding carboxylic acids is 1. The molecule has 0 aromatic carbocycles. The second-order valence-electron chi connectivity index (χ2n) is 5.42. The van der Waals surface area contributed by atoms with Gasteiger partial charge in [0, 0.05) is 26.1 Å². The van der Waals surface area contributed by atoms with Crippen LogP contribution in [0, 0.1) is 0 Å². The molecule has 0 saturated carbocycles. The minimum atomic E-state index is 0.000211. The van der Waals surface area contributed by atoms with Crippen molar-refractivity contribution in [1.82, 2.24) is 4.90 Å². The molecular formula is C14H23N3O2S. The Balaban J connectivity index is 2.21. The van der Waals surface area contributed by atoms with E-state index >= 15 is 0 Å². The summed E-state index contributed by atoms with van der Waals surface area (Å²) in [6.45, 7) is 3.48. The Morgan fingerprint density at radius 3 is 2.45 bits per heavy atom. The van der Waals surface area contributed by atoms with Gasteiger partial charge in [-0.2, -0.15) is 0 Å². The van der Waals surface area contributed by atoms with Crippen LogP contribution < -0.4 is 15.4 Å². The number of thiophene rings is 1. The number of piperidine rings is 1. The lowest BCUT2D eigenvalue weighted by Gasteiger charge is -2.35. The van der Waals surface area contributed by atoms with Crippen LogP contribution in [-0.2, 0) is 0 Å². The normalized spacial score (nSPS) is 16.8. The minimum Gasteiger partial charge on any atom is -0.492 e. The first-order chi connectivity index (χ1) is 9.45. The SMILES string of the molecule is COc1c(N2CCC(N(C)C)CC2)sc(C(C)=O)c1N. The van der Waals surface area contributed by atoms with Gasteiger partial charge in [-0.3, -0.25) is 4.79 Å². The number of nitrogen functional groups attached to an aromatic ring is 1. The molecule has 0 aliphatic carbocycles. The number of hydrogen-bond donors (Lipinski definition) is 1. The number of nitrogens with zero attached hydrogens (tertiary/aromatic N) is 2. The molecule has 1 saturated heterocycles. The molecular weight excluding hydrogens is 274 g/mol. The molecule has 0 unspecified atom stereocenters. The van der Waals surface area contributed by atoms with Crippen molar-refractivity contribution in [2.24, 2.45) is 0 Å². The zero-order valence-electron chi connectivity index (χ0n) is 12.6. The lowest BCUT2D eigenvalue weighted by molar-refractivity contribution is 0.102. The van der Waals surface area contributed by atoms with E-state index in [9.17, 15) is 4.79 Å². The van der Waals surface area contributed by atoms with E-state index in [4.69, 9.17) is 10.5 Å². The number of ketones is 1. The molecule has 0 radical (unpaired) electrons. The largest absolute Gasteiger partial charge is 0.492 e. The highest BCUT2D eigenvalue weighted by molar-refractivity contribution is 7.19. The van der Waals surface area contributed by atoms with E-state index in [2.05, 4.69) is 23.9 Å². The Morgan fingerprint density at radius 2 is 2.00 bits per heavy atom. The number of rotatable bonds is 4. The second kappa shape index (κ2) is 6.01. The average molecular weight is 297 g/mol. The molecule has 2 heterocycles. The van der Waals surface area contributed by atoms with Crippen LogP contribution in [0.25, 0.3) is 0 Å². The summed E-state index contributed by atoms with van der Waals surface area (Å²) in [6.07, 6.45) is 2.23. The van der Waals surface area contributed by atoms with Crippen LogP contribution >= 0.6 is 11.3 Å². The van der Waals surface area contributed by atoms with E-state index in [-0.39, 0.29) is 5.78 Å². The van der Waals surface area contributed by atoms with Gasteiger partial charge in [-0.25, -0.2) is 0 Å². The summed E-state index contributed by atoms with van der Waals surface area (Å²) in [5.74, 6) is 0.656. The van der Waals surface area contributed by atoms with E-state index < -0.39 is 0 Å². The van der Waals surface area contributed by atoms with Gasteiger partial charge in [0.25, 0.3) is 0 Å². The molecule has 0 amide bonds. The smallest absolute Gasteiger partial charge is 0.177 e. The maximum absolute atomic E-state index is 11.6. The number of carbonyl (C=O) groups is 1. The van der Waals surface area contributed by atoms with Gasteiger partial charge in [0.05, 0.1) is 17.7 Å². The van der Waals surface area contributed by atoms with Gasteiger partial charge < -0.3 is 20.3 Å². The highest BCUT2D eigenvalue weighted by Crippen LogP contribution is 2.45. The van der Waals surface area contributed by atoms with Crippen molar-refractivity contribution in [3.05, 3.63) is 4.88 Å². The second-order valence-corrected chi connectivity index (χ2v) is 6.42. The quantitative estimate of drug-likeness (QED) is 0.862. The third-order valence-electron chi connectivity index (χ3n) is 3.89. The molecule has 1 aliphatic heterocycles. The zero-order valence-corrected chi connectivity index (χ0v) is 13.4. The van der Waals surface area contributed by atoms with Gasteiger partial charge in [0.1, 0.15) is 5.00 Å². The Bertz CT molecular complexity index is 491. The van der Waals surface area contributed by atoms with Crippen molar-refractivity contribution in [1.29, 1.82) is 0 Å². The fraction of sp³-hybridized carbons (Fsp3) is 0.643. The zero-order chi connectivity index (χ0) is 14.9. The van der Waals surface area contributed by atoms with Crippen molar-refractivity contribution >= 4 is 27.8 Å². The van der Waals surface area contributed by atoms with Crippen molar-refractivity contribution in [2.75, 3.05) is 44.9 Å². The molecule has 20 heavy (non-hydrogen) atoms. The van der Waals surface area contributed by atoms with Crippen LogP contribution in [0.5, 0.6) is 5.75 Å². The average Bonchev–Trinajstić information content (AvgIpc) is 2.75. The Morgan fingerprint density at radius 1 is 1.40 bits per heavy atom. The maximum atomic E-state index is 11.6. The van der Waals surface area contributed by atoms with Gasteiger partial charge in [0.15, 0.2) is 11.5 Å². The van der Waals surface area contributed by atoms with Crippen LogP contribution in [0.2, 0.25) is 0 Å². The summed E-state index contributed by atoms with van der Waals surface area (Å²) in [6, 6.07) is 0.627. The van der Waals surface area contributed by atoms with E-state index in [1.165, 1.54) is 11.3 Å². The third kappa shape index (κ3) is 2.76. The molecule has 2 N–H and O–H groups in total. The summed E-state index contributed by atoms with van der Waals surface area (Å²) >= 11 is 1.45. The summed E-state index contributed by atoms with van der Waals surface area (Å²) in [7, 11) is 5.86. The summed E-state index contributed by atoms with van der Waals surface area (Å²) in [5.41, 5.74) is 6.51. The minimum absolute atomic E-state index is 0.000211. The number of ether oxygens (including phenoxy) is 1. The molecule has 0 spiro atoms. The molecule has 1 aliphatic rings. The fourth-order valence-electron chi connectivity index (χ4n) is 2.67. The van der Waals surface area contributed by atoms with Crippen LogP contribution in [0.1, 0.15) is 29.4 Å². The number of anilines is 2. The molecule has 112 valence electrons. The standard InChI is InChI=1S/C14H23N3O2S/c1-9(18)13-11(15)12(19-4)14(20-13)17-7-5-10(6-8-17)16(2)3/h10H,5-8,15H2,1-4H3. The summed E-state index contributed by atoms with van der Waals surface area (Å²) < 4.78 is 5.42. The van der Waals surface area contributed by atoms with Gasteiger partial charge in [-0.05, 0) is 26.9 Å². The Hall–Kier alpha value is -1.27. The van der Waals surface area contributed by atoms with Gasteiger partial charge in [-0.1, -0.05) is 0 Å². The molecule has 2 rings (SSSR count). The van der Waals surface area contributed by atoms with Gasteiger partial charge in [0.2, 0.25) is 0 Å². The van der Waals surface area contributed by atoms with E-state index in [0.717, 1.165) is 30.9 Å². The fourth-order valence-corrected chi connectivity index (χ4v) is 3.81. The molecule has 0 bridgehead atoms.